The van der Waals surface area contributed by atoms with Gasteiger partial charge in [-0.05, 0) is 5.92 Å². The first-order valence-electron chi connectivity index (χ1n) is 5.32. The predicted octanol–water partition coefficient (Wildman–Crippen LogP) is 0.804. The van der Waals surface area contributed by atoms with Crippen molar-refractivity contribution in [3.8, 4) is 0 Å². The molecule has 1 amide bonds. The van der Waals surface area contributed by atoms with Gasteiger partial charge in [-0.2, -0.15) is 0 Å². The number of carbonyl (C=O) groups is 2. The number of nitrogens with one attached hydrogen (secondary N) is 1. The van der Waals surface area contributed by atoms with Crippen molar-refractivity contribution < 1.29 is 14.7 Å². The second kappa shape index (κ2) is 5.93. The number of aliphatic carboxylic acids is 1. The summed E-state index contributed by atoms with van der Waals surface area (Å²) in [6, 6.07) is 0. The standard InChI is InChI=1S/C11H15N3O3/c1-7(2)10-8(5-12-6-14-10)11(17)13-4-3-9(15)16/h5-7H,3-4H2,1-2H3,(H,13,17)(H,15,16). The molecule has 1 aromatic rings. The highest BCUT2D eigenvalue weighted by molar-refractivity contribution is 5.95. The molecule has 92 valence electrons. The van der Waals surface area contributed by atoms with Gasteiger partial charge in [0.05, 0.1) is 17.7 Å². The minimum atomic E-state index is -0.946. The zero-order valence-electron chi connectivity index (χ0n) is 9.80. The van der Waals surface area contributed by atoms with E-state index in [1.165, 1.54) is 12.5 Å². The number of nitrogens with zero attached hydrogens (tertiary/aromatic N) is 2. The van der Waals surface area contributed by atoms with E-state index in [0.717, 1.165) is 0 Å². The van der Waals surface area contributed by atoms with Gasteiger partial charge in [-0.25, -0.2) is 9.97 Å². The fraction of sp³-hybridized carbons (Fsp3) is 0.455. The lowest BCUT2D eigenvalue weighted by atomic mass is 10.0. The molecule has 0 radical (unpaired) electrons. The topological polar surface area (TPSA) is 92.2 Å². The first kappa shape index (κ1) is 13.1. The Morgan fingerprint density at radius 1 is 1.47 bits per heavy atom. The van der Waals surface area contributed by atoms with Crippen LogP contribution in [0.5, 0.6) is 0 Å². The van der Waals surface area contributed by atoms with Crippen molar-refractivity contribution in [2.45, 2.75) is 26.2 Å². The quantitative estimate of drug-likeness (QED) is 0.790. The molecule has 2 N–H and O–H groups in total. The fourth-order valence-corrected chi connectivity index (χ4v) is 1.35. The van der Waals surface area contributed by atoms with Crippen LogP contribution in [0.1, 0.15) is 42.2 Å². The van der Waals surface area contributed by atoms with E-state index in [2.05, 4.69) is 15.3 Å². The van der Waals surface area contributed by atoms with Gasteiger partial charge in [0.1, 0.15) is 6.33 Å². The van der Waals surface area contributed by atoms with Gasteiger partial charge in [0.15, 0.2) is 0 Å². The van der Waals surface area contributed by atoms with Crippen LogP contribution in [-0.2, 0) is 4.79 Å². The molecule has 0 aliphatic rings. The predicted molar refractivity (Wildman–Crippen MR) is 60.7 cm³/mol. The Hall–Kier alpha value is -1.98. The third-order valence-corrected chi connectivity index (χ3v) is 2.16. The smallest absolute Gasteiger partial charge is 0.305 e. The van der Waals surface area contributed by atoms with Crippen LogP contribution in [0.4, 0.5) is 0 Å². The Bertz CT molecular complexity index is 418. The highest BCUT2D eigenvalue weighted by Crippen LogP contribution is 2.15. The van der Waals surface area contributed by atoms with Crippen molar-refractivity contribution >= 4 is 11.9 Å². The van der Waals surface area contributed by atoms with Gasteiger partial charge in [-0.3, -0.25) is 9.59 Å². The second-order valence-electron chi connectivity index (χ2n) is 3.88. The van der Waals surface area contributed by atoms with Crippen molar-refractivity contribution in [3.05, 3.63) is 23.8 Å². The van der Waals surface area contributed by atoms with E-state index in [9.17, 15) is 9.59 Å². The number of carboxylic acid groups (broad SMARTS) is 1. The maximum Gasteiger partial charge on any atom is 0.305 e. The molecule has 0 aliphatic carbocycles. The summed E-state index contributed by atoms with van der Waals surface area (Å²) >= 11 is 0. The minimum Gasteiger partial charge on any atom is -0.481 e. The monoisotopic (exact) mass is 237 g/mol. The number of hydrogen-bond donors (Lipinski definition) is 2. The van der Waals surface area contributed by atoms with E-state index in [4.69, 9.17) is 5.11 Å². The van der Waals surface area contributed by atoms with Gasteiger partial charge in [-0.1, -0.05) is 13.8 Å². The Morgan fingerprint density at radius 2 is 2.18 bits per heavy atom. The molecule has 6 heteroatoms. The van der Waals surface area contributed by atoms with Crippen molar-refractivity contribution in [1.82, 2.24) is 15.3 Å². The maximum absolute atomic E-state index is 11.8. The average molecular weight is 237 g/mol. The number of carbonyl (C=O) groups excluding carboxylic acids is 1. The number of hydrogen-bond acceptors (Lipinski definition) is 4. The van der Waals surface area contributed by atoms with Crippen LogP contribution >= 0.6 is 0 Å². The molecule has 1 heterocycles. The first-order chi connectivity index (χ1) is 8.02. The molecule has 0 saturated carbocycles. The lowest BCUT2D eigenvalue weighted by molar-refractivity contribution is -0.136. The van der Waals surface area contributed by atoms with Gasteiger partial charge >= 0.3 is 5.97 Å². The molecule has 0 atom stereocenters. The summed E-state index contributed by atoms with van der Waals surface area (Å²) in [6.07, 6.45) is 2.73. The summed E-state index contributed by atoms with van der Waals surface area (Å²) in [7, 11) is 0. The maximum atomic E-state index is 11.8. The van der Waals surface area contributed by atoms with Gasteiger partial charge in [0, 0.05) is 12.7 Å². The summed E-state index contributed by atoms with van der Waals surface area (Å²) in [5.41, 5.74) is 1.06. The SMILES string of the molecule is CC(C)c1ncncc1C(=O)NCCC(=O)O. The lowest BCUT2D eigenvalue weighted by Crippen LogP contribution is -2.27. The zero-order chi connectivity index (χ0) is 12.8. The van der Waals surface area contributed by atoms with Crippen molar-refractivity contribution in [2.75, 3.05) is 6.54 Å². The zero-order valence-corrected chi connectivity index (χ0v) is 9.80. The van der Waals surface area contributed by atoms with Crippen LogP contribution in [0.25, 0.3) is 0 Å². The van der Waals surface area contributed by atoms with E-state index in [-0.39, 0.29) is 24.8 Å². The van der Waals surface area contributed by atoms with Crippen LogP contribution in [-0.4, -0.2) is 33.5 Å². The molecule has 0 bridgehead atoms. The Kier molecular flexibility index (Phi) is 4.56. The summed E-state index contributed by atoms with van der Waals surface area (Å²) in [6.45, 7) is 3.95. The normalized spacial score (nSPS) is 10.3. The van der Waals surface area contributed by atoms with Gasteiger partial charge in [0.25, 0.3) is 5.91 Å². The van der Waals surface area contributed by atoms with Crippen LogP contribution in [0.3, 0.4) is 0 Å². The Morgan fingerprint density at radius 3 is 2.76 bits per heavy atom. The summed E-state index contributed by atoms with van der Waals surface area (Å²) in [4.78, 5) is 29.9. The summed E-state index contributed by atoms with van der Waals surface area (Å²) in [5.74, 6) is -1.17. The molecule has 0 spiro atoms. The van der Waals surface area contributed by atoms with Gasteiger partial charge < -0.3 is 10.4 Å². The van der Waals surface area contributed by atoms with Crippen LogP contribution in [0, 0.1) is 0 Å². The van der Waals surface area contributed by atoms with Crippen molar-refractivity contribution in [3.63, 3.8) is 0 Å². The number of rotatable bonds is 5. The molecule has 0 fully saturated rings. The molecule has 0 aromatic carbocycles. The highest BCUT2D eigenvalue weighted by Gasteiger charge is 2.15. The van der Waals surface area contributed by atoms with E-state index in [0.29, 0.717) is 11.3 Å². The molecule has 6 nitrogen and oxygen atoms in total. The lowest BCUT2D eigenvalue weighted by Gasteiger charge is -2.10. The van der Waals surface area contributed by atoms with E-state index in [1.807, 2.05) is 13.8 Å². The minimum absolute atomic E-state index is 0.0978. The van der Waals surface area contributed by atoms with Crippen LogP contribution in [0.2, 0.25) is 0 Å². The molecule has 0 unspecified atom stereocenters. The third-order valence-electron chi connectivity index (χ3n) is 2.16. The van der Waals surface area contributed by atoms with E-state index in [1.54, 1.807) is 0 Å². The number of amides is 1. The van der Waals surface area contributed by atoms with E-state index >= 15 is 0 Å². The van der Waals surface area contributed by atoms with Crippen LogP contribution in [0.15, 0.2) is 12.5 Å². The molecule has 1 aromatic heterocycles. The van der Waals surface area contributed by atoms with Gasteiger partial charge in [0.2, 0.25) is 0 Å². The third kappa shape index (κ3) is 3.82. The Labute approximate surface area is 99.1 Å². The van der Waals surface area contributed by atoms with E-state index < -0.39 is 5.97 Å². The molecular weight excluding hydrogens is 222 g/mol. The number of aromatic nitrogens is 2. The van der Waals surface area contributed by atoms with Crippen LogP contribution < -0.4 is 5.32 Å². The molecule has 0 saturated heterocycles. The summed E-state index contributed by atoms with van der Waals surface area (Å²) in [5, 5.41) is 11.0. The molecular formula is C11H15N3O3. The highest BCUT2D eigenvalue weighted by atomic mass is 16.4. The van der Waals surface area contributed by atoms with Crippen molar-refractivity contribution in [1.29, 1.82) is 0 Å². The average Bonchev–Trinajstić information content (AvgIpc) is 2.28. The molecule has 0 aliphatic heterocycles. The molecule has 17 heavy (non-hydrogen) atoms. The first-order valence-corrected chi connectivity index (χ1v) is 5.32. The number of carboxylic acids is 1. The van der Waals surface area contributed by atoms with Gasteiger partial charge in [-0.15, -0.1) is 0 Å². The second-order valence-corrected chi connectivity index (χ2v) is 3.88. The summed E-state index contributed by atoms with van der Waals surface area (Å²) < 4.78 is 0. The largest absolute Gasteiger partial charge is 0.481 e. The molecule has 1 rings (SSSR count). The Balaban J connectivity index is 2.71. The van der Waals surface area contributed by atoms with Crippen molar-refractivity contribution in [2.24, 2.45) is 0 Å². The fourth-order valence-electron chi connectivity index (χ4n) is 1.35.